The number of rotatable bonds is 4. The molecule has 9 heteroatoms. The number of hydrogen-bond donors (Lipinski definition) is 2. The normalized spacial score (nSPS) is 24.6. The predicted octanol–water partition coefficient (Wildman–Crippen LogP) is 2.00. The van der Waals surface area contributed by atoms with E-state index in [9.17, 15) is 24.6 Å². The highest BCUT2D eigenvalue weighted by molar-refractivity contribution is 5.98. The number of piperidine rings is 1. The highest BCUT2D eigenvalue weighted by Crippen LogP contribution is 2.49. The summed E-state index contributed by atoms with van der Waals surface area (Å²) < 4.78 is 11.6. The first-order valence-corrected chi connectivity index (χ1v) is 9.61. The zero-order valence-corrected chi connectivity index (χ0v) is 17.6. The maximum absolute atomic E-state index is 13.2. The molecule has 0 aromatic heterocycles. The van der Waals surface area contributed by atoms with E-state index in [4.69, 9.17) is 9.47 Å². The highest BCUT2D eigenvalue weighted by Gasteiger charge is 2.61. The second kappa shape index (κ2) is 7.18. The van der Waals surface area contributed by atoms with Gasteiger partial charge in [0.15, 0.2) is 5.79 Å². The van der Waals surface area contributed by atoms with Crippen molar-refractivity contribution in [1.29, 1.82) is 0 Å². The van der Waals surface area contributed by atoms with Gasteiger partial charge in [-0.1, -0.05) is 0 Å². The zero-order valence-electron chi connectivity index (χ0n) is 17.6. The van der Waals surface area contributed by atoms with E-state index >= 15 is 0 Å². The Morgan fingerprint density at radius 3 is 1.61 bits per heavy atom. The fourth-order valence-corrected chi connectivity index (χ4v) is 4.65. The minimum Gasteiger partial charge on any atom is -0.480 e. The van der Waals surface area contributed by atoms with Gasteiger partial charge in [-0.05, 0) is 41.5 Å². The van der Waals surface area contributed by atoms with Gasteiger partial charge in [-0.3, -0.25) is 9.59 Å². The Kier molecular flexibility index (Phi) is 5.75. The van der Waals surface area contributed by atoms with Crippen LogP contribution in [-0.2, 0) is 19.1 Å². The molecule has 28 heavy (non-hydrogen) atoms. The molecular weight excluding hydrogens is 368 g/mol. The van der Waals surface area contributed by atoms with Gasteiger partial charge in [-0.25, -0.2) is 4.79 Å². The summed E-state index contributed by atoms with van der Waals surface area (Å²) in [5, 5.41) is 18.8. The molecule has 0 aromatic carbocycles. The fraction of sp³-hybridized carbons (Fsp3) is 0.842. The predicted molar refractivity (Wildman–Crippen MR) is 99.9 cm³/mol. The van der Waals surface area contributed by atoms with E-state index in [1.807, 2.05) is 46.4 Å². The van der Waals surface area contributed by atoms with E-state index < -0.39 is 47.4 Å². The molecule has 0 aliphatic carbocycles. The lowest BCUT2D eigenvalue weighted by atomic mass is 9.75. The van der Waals surface area contributed by atoms with Crippen LogP contribution in [0.5, 0.6) is 0 Å². The maximum atomic E-state index is 13.2. The molecule has 0 radical (unpaired) electrons. The van der Waals surface area contributed by atoms with E-state index in [0.29, 0.717) is 25.9 Å². The van der Waals surface area contributed by atoms with Crippen molar-refractivity contribution in [3.05, 3.63) is 0 Å². The van der Waals surface area contributed by atoms with Gasteiger partial charge in [0.05, 0.1) is 13.2 Å². The van der Waals surface area contributed by atoms with Crippen LogP contribution in [0.4, 0.5) is 4.79 Å². The molecule has 0 aromatic rings. The van der Waals surface area contributed by atoms with Crippen molar-refractivity contribution in [3.63, 3.8) is 0 Å². The molecule has 0 saturated carbocycles. The standard InChI is InChI=1S/C19H32N2O7/c1-7-20(8-2)15(26)21-16(3,4)9-19(10-17(21,5)6)27-11-18(12-28-19,13(22)23)14(24)25/h7-12H2,1-6H3,(H,22,23)(H,24,25). The number of hydrogen-bond acceptors (Lipinski definition) is 5. The summed E-state index contributed by atoms with van der Waals surface area (Å²) in [7, 11) is 0. The molecule has 2 N–H and O–H groups in total. The monoisotopic (exact) mass is 400 g/mol. The van der Waals surface area contributed by atoms with Crippen molar-refractivity contribution in [2.24, 2.45) is 5.41 Å². The molecule has 0 unspecified atom stereocenters. The molecule has 1 spiro atoms. The van der Waals surface area contributed by atoms with Crippen LogP contribution in [0.25, 0.3) is 0 Å². The Balaban J connectivity index is 2.31. The first kappa shape index (κ1) is 22.4. The Hall–Kier alpha value is -1.87. The molecular formula is C19H32N2O7. The minimum absolute atomic E-state index is 0.0731. The summed E-state index contributed by atoms with van der Waals surface area (Å²) in [5.41, 5.74) is -3.41. The van der Waals surface area contributed by atoms with Crippen molar-refractivity contribution in [2.75, 3.05) is 26.3 Å². The van der Waals surface area contributed by atoms with Gasteiger partial charge in [0, 0.05) is 37.0 Å². The van der Waals surface area contributed by atoms with Gasteiger partial charge >= 0.3 is 18.0 Å². The minimum atomic E-state index is -2.12. The molecule has 2 amide bonds. The smallest absolute Gasteiger partial charge is 0.325 e. The van der Waals surface area contributed by atoms with Crippen LogP contribution < -0.4 is 0 Å². The van der Waals surface area contributed by atoms with E-state index in [-0.39, 0.29) is 6.03 Å². The first-order valence-electron chi connectivity index (χ1n) is 9.61. The second-order valence-electron chi connectivity index (χ2n) is 8.95. The van der Waals surface area contributed by atoms with Crippen molar-refractivity contribution < 1.29 is 34.1 Å². The molecule has 2 aliphatic rings. The zero-order chi connectivity index (χ0) is 21.5. The fourth-order valence-electron chi connectivity index (χ4n) is 4.65. The summed E-state index contributed by atoms with van der Waals surface area (Å²) >= 11 is 0. The Morgan fingerprint density at radius 2 is 1.29 bits per heavy atom. The lowest BCUT2D eigenvalue weighted by Gasteiger charge is -2.60. The Bertz CT molecular complexity index is 611. The number of carboxylic acid groups (broad SMARTS) is 2. The molecule has 2 heterocycles. The van der Waals surface area contributed by atoms with Crippen molar-refractivity contribution in [2.45, 2.75) is 71.2 Å². The van der Waals surface area contributed by atoms with Gasteiger partial charge in [-0.15, -0.1) is 0 Å². The first-order chi connectivity index (χ1) is 12.8. The van der Waals surface area contributed by atoms with Crippen molar-refractivity contribution >= 4 is 18.0 Å². The SMILES string of the molecule is CCN(CC)C(=O)N1C(C)(C)CC2(CC1(C)C)OCC(C(=O)O)(C(=O)O)CO2. The van der Waals surface area contributed by atoms with Crippen LogP contribution in [0.1, 0.15) is 54.4 Å². The van der Waals surface area contributed by atoms with Crippen molar-refractivity contribution in [3.8, 4) is 0 Å². The van der Waals surface area contributed by atoms with Gasteiger partial charge < -0.3 is 29.5 Å². The molecule has 2 fully saturated rings. The number of carbonyl (C=O) groups is 3. The van der Waals surface area contributed by atoms with Gasteiger partial charge in [0.25, 0.3) is 0 Å². The van der Waals surface area contributed by atoms with E-state index in [1.165, 1.54) is 0 Å². The molecule has 0 bridgehead atoms. The molecule has 2 aliphatic heterocycles. The van der Waals surface area contributed by atoms with Crippen LogP contribution in [0, 0.1) is 5.41 Å². The molecule has 9 nitrogen and oxygen atoms in total. The summed E-state index contributed by atoms with van der Waals surface area (Å²) in [6, 6.07) is -0.0731. The lowest BCUT2D eigenvalue weighted by Crippen LogP contribution is -2.71. The number of nitrogens with zero attached hydrogens (tertiary/aromatic N) is 2. The second-order valence-corrected chi connectivity index (χ2v) is 8.95. The van der Waals surface area contributed by atoms with Gasteiger partial charge in [0.1, 0.15) is 0 Å². The number of aliphatic carboxylic acids is 2. The van der Waals surface area contributed by atoms with E-state index in [0.717, 1.165) is 0 Å². The van der Waals surface area contributed by atoms with E-state index in [2.05, 4.69) is 0 Å². The average Bonchev–Trinajstić information content (AvgIpc) is 2.53. The lowest BCUT2D eigenvalue weighted by molar-refractivity contribution is -0.332. The topological polar surface area (TPSA) is 117 Å². The van der Waals surface area contributed by atoms with E-state index in [1.54, 1.807) is 4.90 Å². The third-order valence-corrected chi connectivity index (χ3v) is 5.82. The number of amides is 2. The average molecular weight is 400 g/mol. The molecule has 160 valence electrons. The third-order valence-electron chi connectivity index (χ3n) is 5.82. The number of likely N-dealkylation sites (tertiary alicyclic amines) is 1. The quantitative estimate of drug-likeness (QED) is 0.693. The number of ether oxygens (including phenoxy) is 2. The summed E-state index contributed by atoms with van der Waals surface area (Å²) in [6.45, 7) is 11.8. The maximum Gasteiger partial charge on any atom is 0.325 e. The largest absolute Gasteiger partial charge is 0.480 e. The van der Waals surface area contributed by atoms with Crippen molar-refractivity contribution in [1.82, 2.24) is 9.80 Å². The molecule has 0 atom stereocenters. The summed E-state index contributed by atoms with van der Waals surface area (Å²) in [5.74, 6) is -4.11. The number of urea groups is 1. The third kappa shape index (κ3) is 3.57. The van der Waals surface area contributed by atoms with Crippen LogP contribution in [0.15, 0.2) is 0 Å². The Morgan fingerprint density at radius 1 is 0.893 bits per heavy atom. The van der Waals surface area contributed by atoms with Crippen LogP contribution in [-0.4, -0.2) is 81.2 Å². The summed E-state index contributed by atoms with van der Waals surface area (Å²) in [6.07, 6.45) is 0.623. The molecule has 2 rings (SSSR count). The Labute approximate surface area is 165 Å². The molecule has 2 saturated heterocycles. The van der Waals surface area contributed by atoms with Crippen LogP contribution >= 0.6 is 0 Å². The van der Waals surface area contributed by atoms with Crippen LogP contribution in [0.3, 0.4) is 0 Å². The highest BCUT2D eigenvalue weighted by atomic mass is 16.7. The van der Waals surface area contributed by atoms with Gasteiger partial charge in [-0.2, -0.15) is 0 Å². The summed E-state index contributed by atoms with van der Waals surface area (Å²) in [4.78, 5) is 39.8. The number of carbonyl (C=O) groups excluding carboxylic acids is 1. The van der Waals surface area contributed by atoms with Gasteiger partial charge in [0.2, 0.25) is 5.41 Å². The number of carboxylic acids is 2. The van der Waals surface area contributed by atoms with Crippen LogP contribution in [0.2, 0.25) is 0 Å².